The van der Waals surface area contributed by atoms with Gasteiger partial charge in [0, 0.05) is 24.2 Å². The van der Waals surface area contributed by atoms with Crippen LogP contribution in [0, 0.1) is 6.92 Å². The Morgan fingerprint density at radius 3 is 2.61 bits per heavy atom. The quantitative estimate of drug-likeness (QED) is 0.817. The first-order valence-electron chi connectivity index (χ1n) is 7.14. The molecule has 0 saturated carbocycles. The van der Waals surface area contributed by atoms with Crippen LogP contribution in [-0.2, 0) is 9.47 Å². The molecule has 0 fully saturated rings. The van der Waals surface area contributed by atoms with Crippen molar-refractivity contribution in [2.45, 2.75) is 13.0 Å². The van der Waals surface area contributed by atoms with Crippen LogP contribution < -0.4 is 5.32 Å². The minimum atomic E-state index is -0.396. The van der Waals surface area contributed by atoms with Gasteiger partial charge < -0.3 is 14.8 Å². The van der Waals surface area contributed by atoms with E-state index < -0.39 is 5.97 Å². The van der Waals surface area contributed by atoms with Crippen LogP contribution in [-0.4, -0.2) is 31.7 Å². The maximum absolute atomic E-state index is 11.6. The lowest BCUT2D eigenvalue weighted by molar-refractivity contribution is 0.0599. The summed E-state index contributed by atoms with van der Waals surface area (Å²) in [5, 5.41) is 3.86. The smallest absolute Gasteiger partial charge is 0.339 e. The molecule has 0 spiro atoms. The number of aromatic nitrogens is 1. The minimum absolute atomic E-state index is 0.203. The molecule has 122 valence electrons. The van der Waals surface area contributed by atoms with Crippen molar-refractivity contribution in [3.05, 3.63) is 58.2 Å². The van der Waals surface area contributed by atoms with Crippen LogP contribution in [0.15, 0.2) is 36.4 Å². The van der Waals surface area contributed by atoms with E-state index in [1.165, 1.54) is 7.11 Å². The first kappa shape index (κ1) is 17.2. The highest BCUT2D eigenvalue weighted by atomic mass is 35.5. The van der Waals surface area contributed by atoms with Crippen LogP contribution in [0.3, 0.4) is 0 Å². The van der Waals surface area contributed by atoms with Crippen LogP contribution in [0.2, 0.25) is 5.02 Å². The molecule has 1 aromatic carbocycles. The van der Waals surface area contributed by atoms with E-state index >= 15 is 0 Å². The van der Waals surface area contributed by atoms with Crippen molar-refractivity contribution in [3.8, 4) is 0 Å². The van der Waals surface area contributed by atoms with Gasteiger partial charge in [-0.15, -0.1) is 0 Å². The summed E-state index contributed by atoms with van der Waals surface area (Å²) in [5.41, 5.74) is 1.97. The fraction of sp³-hybridized carbons (Fsp3) is 0.294. The molecule has 1 unspecified atom stereocenters. The van der Waals surface area contributed by atoms with Crippen molar-refractivity contribution in [2.24, 2.45) is 0 Å². The second-order valence-electron chi connectivity index (χ2n) is 4.95. The molecule has 0 bridgehead atoms. The SMILES string of the molecule is COC(=O)c1ccc(NCC(OC)c2ccccc2Cl)nc1C. The number of nitrogens with one attached hydrogen (secondary N) is 1. The molecule has 1 atom stereocenters. The van der Waals surface area contributed by atoms with E-state index in [9.17, 15) is 4.79 Å². The molecule has 23 heavy (non-hydrogen) atoms. The molecule has 0 amide bonds. The molecule has 6 heteroatoms. The van der Waals surface area contributed by atoms with E-state index in [1.54, 1.807) is 26.2 Å². The minimum Gasteiger partial charge on any atom is -0.465 e. The van der Waals surface area contributed by atoms with Gasteiger partial charge in [-0.2, -0.15) is 0 Å². The summed E-state index contributed by atoms with van der Waals surface area (Å²) < 4.78 is 10.2. The third-order valence-corrected chi connectivity index (χ3v) is 3.84. The second kappa shape index (κ2) is 7.94. The Labute approximate surface area is 140 Å². The molecule has 2 rings (SSSR count). The molecular formula is C17H19ClN2O3. The van der Waals surface area contributed by atoms with Gasteiger partial charge in [0.2, 0.25) is 0 Å². The Kier molecular flexibility index (Phi) is 5.96. The monoisotopic (exact) mass is 334 g/mol. The number of ether oxygens (including phenoxy) is 2. The molecule has 1 aromatic heterocycles. The summed E-state index contributed by atoms with van der Waals surface area (Å²) in [7, 11) is 2.98. The number of aryl methyl sites for hydroxylation is 1. The molecule has 0 saturated heterocycles. The predicted molar refractivity (Wildman–Crippen MR) is 90.0 cm³/mol. The number of halogens is 1. The second-order valence-corrected chi connectivity index (χ2v) is 5.36. The van der Waals surface area contributed by atoms with Crippen molar-refractivity contribution >= 4 is 23.4 Å². The lowest BCUT2D eigenvalue weighted by Crippen LogP contribution is -2.16. The van der Waals surface area contributed by atoms with Crippen LogP contribution in [0.25, 0.3) is 0 Å². The lowest BCUT2D eigenvalue weighted by atomic mass is 10.1. The highest BCUT2D eigenvalue weighted by Crippen LogP contribution is 2.25. The van der Waals surface area contributed by atoms with Crippen molar-refractivity contribution in [3.63, 3.8) is 0 Å². The van der Waals surface area contributed by atoms with Crippen molar-refractivity contribution in [1.82, 2.24) is 4.98 Å². The number of carbonyl (C=O) groups is 1. The van der Waals surface area contributed by atoms with Crippen LogP contribution >= 0.6 is 11.6 Å². The zero-order valence-electron chi connectivity index (χ0n) is 13.3. The third kappa shape index (κ3) is 4.21. The lowest BCUT2D eigenvalue weighted by Gasteiger charge is -2.18. The van der Waals surface area contributed by atoms with Gasteiger partial charge in [0.1, 0.15) is 11.9 Å². The van der Waals surface area contributed by atoms with Gasteiger partial charge in [0.15, 0.2) is 0 Å². The molecule has 0 radical (unpaired) electrons. The average molecular weight is 335 g/mol. The van der Waals surface area contributed by atoms with Gasteiger partial charge in [-0.05, 0) is 25.1 Å². The van der Waals surface area contributed by atoms with Crippen molar-refractivity contribution < 1.29 is 14.3 Å². The van der Waals surface area contributed by atoms with E-state index in [0.717, 1.165) is 5.56 Å². The summed E-state index contributed by atoms with van der Waals surface area (Å²) in [4.78, 5) is 15.9. The van der Waals surface area contributed by atoms with Gasteiger partial charge in [-0.1, -0.05) is 29.8 Å². The van der Waals surface area contributed by atoms with E-state index in [2.05, 4.69) is 10.3 Å². The van der Waals surface area contributed by atoms with E-state index in [1.807, 2.05) is 24.3 Å². The average Bonchev–Trinajstić information content (AvgIpc) is 2.56. The number of rotatable bonds is 6. The standard InChI is InChI=1S/C17H19ClN2O3/c1-11-12(17(21)23-3)8-9-16(20-11)19-10-15(22-2)13-6-4-5-7-14(13)18/h4-9,15H,10H2,1-3H3,(H,19,20). The summed E-state index contributed by atoms with van der Waals surface area (Å²) in [6.45, 7) is 2.27. The molecule has 0 aliphatic carbocycles. The molecule has 0 aliphatic heterocycles. The maximum atomic E-state index is 11.6. The fourth-order valence-electron chi connectivity index (χ4n) is 2.24. The van der Waals surface area contributed by atoms with E-state index in [-0.39, 0.29) is 6.10 Å². The Balaban J connectivity index is 2.09. The number of anilines is 1. The zero-order valence-corrected chi connectivity index (χ0v) is 14.1. The van der Waals surface area contributed by atoms with E-state index in [4.69, 9.17) is 21.1 Å². The molecule has 5 nitrogen and oxygen atoms in total. The first-order chi connectivity index (χ1) is 11.1. The van der Waals surface area contributed by atoms with Crippen LogP contribution in [0.1, 0.15) is 27.7 Å². The topological polar surface area (TPSA) is 60.5 Å². The van der Waals surface area contributed by atoms with Gasteiger partial charge in [-0.25, -0.2) is 9.78 Å². The number of pyridine rings is 1. The summed E-state index contributed by atoms with van der Waals surface area (Å²) in [5.74, 6) is 0.261. The number of methoxy groups -OCH3 is 2. The third-order valence-electron chi connectivity index (χ3n) is 3.50. The van der Waals surface area contributed by atoms with Crippen LogP contribution in [0.4, 0.5) is 5.82 Å². The molecule has 1 heterocycles. The Morgan fingerprint density at radius 2 is 2.00 bits per heavy atom. The largest absolute Gasteiger partial charge is 0.465 e. The van der Waals surface area contributed by atoms with E-state index in [0.29, 0.717) is 28.6 Å². The summed E-state index contributed by atoms with van der Waals surface area (Å²) in [6.07, 6.45) is -0.203. The van der Waals surface area contributed by atoms with Gasteiger partial charge in [0.25, 0.3) is 0 Å². The number of esters is 1. The number of hydrogen-bond donors (Lipinski definition) is 1. The normalized spacial score (nSPS) is 11.8. The highest BCUT2D eigenvalue weighted by Gasteiger charge is 2.15. The molecule has 1 N–H and O–H groups in total. The van der Waals surface area contributed by atoms with Gasteiger partial charge in [-0.3, -0.25) is 0 Å². The van der Waals surface area contributed by atoms with Gasteiger partial charge >= 0.3 is 5.97 Å². The number of nitrogens with zero attached hydrogens (tertiary/aromatic N) is 1. The van der Waals surface area contributed by atoms with Gasteiger partial charge in [0.05, 0.1) is 18.4 Å². The van der Waals surface area contributed by atoms with Crippen molar-refractivity contribution in [2.75, 3.05) is 26.1 Å². The first-order valence-corrected chi connectivity index (χ1v) is 7.51. The number of carbonyl (C=O) groups excluding carboxylic acids is 1. The summed E-state index contributed by atoms with van der Waals surface area (Å²) >= 11 is 6.20. The molecule has 2 aromatic rings. The summed E-state index contributed by atoms with van der Waals surface area (Å²) in [6, 6.07) is 11.0. The molecule has 0 aliphatic rings. The highest BCUT2D eigenvalue weighted by molar-refractivity contribution is 6.31. The van der Waals surface area contributed by atoms with Crippen molar-refractivity contribution in [1.29, 1.82) is 0 Å². The maximum Gasteiger partial charge on any atom is 0.339 e. The Hall–Kier alpha value is -2.11. The Morgan fingerprint density at radius 1 is 1.26 bits per heavy atom. The number of benzene rings is 1. The predicted octanol–water partition coefficient (Wildman–Crippen LogP) is 3.63. The fourth-order valence-corrected chi connectivity index (χ4v) is 2.50. The zero-order chi connectivity index (χ0) is 16.8. The van der Waals surface area contributed by atoms with Crippen LogP contribution in [0.5, 0.6) is 0 Å². The Bertz CT molecular complexity index is 691. The molecular weight excluding hydrogens is 316 g/mol. The number of hydrogen-bond acceptors (Lipinski definition) is 5.